The van der Waals surface area contributed by atoms with Gasteiger partial charge in [-0.1, -0.05) is 23.0 Å². The topological polar surface area (TPSA) is 70.2 Å². The fourth-order valence-corrected chi connectivity index (χ4v) is 6.57. The smallest absolute Gasteiger partial charge is 0.267 e. The van der Waals surface area contributed by atoms with Crippen LogP contribution >= 0.6 is 23.1 Å². The second-order valence-corrected chi connectivity index (χ2v) is 9.74. The van der Waals surface area contributed by atoms with Crippen LogP contribution in [0.4, 0.5) is 0 Å². The lowest BCUT2D eigenvalue weighted by molar-refractivity contribution is 0.392. The van der Waals surface area contributed by atoms with E-state index in [0.717, 1.165) is 52.2 Å². The maximum absolute atomic E-state index is 13.8. The van der Waals surface area contributed by atoms with Crippen LogP contribution in [0, 0.1) is 13.8 Å². The van der Waals surface area contributed by atoms with Gasteiger partial charge >= 0.3 is 0 Å². The maximum Gasteiger partial charge on any atom is 0.267 e. The number of thioether (sulfide) groups is 1. The average Bonchev–Trinajstić information content (AvgIpc) is 3.31. The first-order chi connectivity index (χ1) is 15.1. The molecule has 1 aliphatic carbocycles. The lowest BCUT2D eigenvalue weighted by atomic mass is 9.97. The summed E-state index contributed by atoms with van der Waals surface area (Å²) in [7, 11) is 1.63. The normalized spacial score (nSPS) is 13.5. The SMILES string of the molecule is COc1cccc(-n2c(SCc3c(C)noc3C)nc3sc4c(c3c2=O)CCCC4)c1. The molecular formula is C23H23N3O3S2. The molecule has 31 heavy (non-hydrogen) atoms. The summed E-state index contributed by atoms with van der Waals surface area (Å²) < 4.78 is 12.5. The van der Waals surface area contributed by atoms with Gasteiger partial charge in [-0.2, -0.15) is 0 Å². The van der Waals surface area contributed by atoms with Crippen molar-refractivity contribution < 1.29 is 9.26 Å². The summed E-state index contributed by atoms with van der Waals surface area (Å²) in [5, 5.41) is 5.50. The summed E-state index contributed by atoms with van der Waals surface area (Å²) in [5.41, 5.74) is 3.87. The fraction of sp³-hybridized carbons (Fsp3) is 0.348. The Labute approximate surface area is 188 Å². The van der Waals surface area contributed by atoms with E-state index in [1.165, 1.54) is 28.6 Å². The Kier molecular flexibility index (Phi) is 5.35. The highest BCUT2D eigenvalue weighted by atomic mass is 32.2. The van der Waals surface area contributed by atoms with Crippen molar-refractivity contribution in [3.63, 3.8) is 0 Å². The van der Waals surface area contributed by atoms with Gasteiger partial charge in [-0.3, -0.25) is 9.36 Å². The molecule has 1 aromatic carbocycles. The third-order valence-electron chi connectivity index (χ3n) is 5.80. The lowest BCUT2D eigenvalue weighted by Crippen LogP contribution is -2.22. The van der Waals surface area contributed by atoms with Crippen LogP contribution in [-0.4, -0.2) is 21.8 Å². The van der Waals surface area contributed by atoms with Crippen LogP contribution in [0.2, 0.25) is 0 Å². The van der Waals surface area contributed by atoms with E-state index in [1.54, 1.807) is 23.0 Å². The number of fused-ring (bicyclic) bond motifs is 3. The summed E-state index contributed by atoms with van der Waals surface area (Å²) >= 11 is 3.21. The van der Waals surface area contributed by atoms with Crippen molar-refractivity contribution in [3.05, 3.63) is 62.1 Å². The first kappa shape index (κ1) is 20.3. The van der Waals surface area contributed by atoms with E-state index in [4.69, 9.17) is 14.2 Å². The largest absolute Gasteiger partial charge is 0.497 e. The summed E-state index contributed by atoms with van der Waals surface area (Å²) in [5.74, 6) is 2.14. The highest BCUT2D eigenvalue weighted by Crippen LogP contribution is 2.36. The molecule has 0 radical (unpaired) electrons. The van der Waals surface area contributed by atoms with Gasteiger partial charge in [-0.05, 0) is 57.2 Å². The predicted molar refractivity (Wildman–Crippen MR) is 124 cm³/mol. The molecule has 5 rings (SSSR count). The monoisotopic (exact) mass is 453 g/mol. The quantitative estimate of drug-likeness (QED) is 0.304. The molecule has 8 heteroatoms. The molecule has 0 saturated carbocycles. The van der Waals surface area contributed by atoms with E-state index >= 15 is 0 Å². The van der Waals surface area contributed by atoms with Crippen LogP contribution < -0.4 is 10.3 Å². The van der Waals surface area contributed by atoms with E-state index in [-0.39, 0.29) is 5.56 Å². The second kappa shape index (κ2) is 8.16. The summed E-state index contributed by atoms with van der Waals surface area (Å²) in [6.45, 7) is 3.85. The Hall–Kier alpha value is -2.58. The van der Waals surface area contributed by atoms with Gasteiger partial charge in [0, 0.05) is 22.3 Å². The van der Waals surface area contributed by atoms with Crippen LogP contribution in [0.25, 0.3) is 15.9 Å². The second-order valence-electron chi connectivity index (χ2n) is 7.72. The summed E-state index contributed by atoms with van der Waals surface area (Å²) in [4.78, 5) is 21.0. The molecule has 0 saturated heterocycles. The lowest BCUT2D eigenvalue weighted by Gasteiger charge is -2.14. The van der Waals surface area contributed by atoms with E-state index < -0.39 is 0 Å². The van der Waals surface area contributed by atoms with Crippen LogP contribution in [0.3, 0.4) is 0 Å². The average molecular weight is 454 g/mol. The van der Waals surface area contributed by atoms with Gasteiger partial charge in [0.05, 0.1) is 23.9 Å². The third kappa shape index (κ3) is 3.57. The standard InChI is InChI=1S/C23H23N3O3S2/c1-13-18(14(2)29-25-13)12-30-23-24-21-20(17-9-4-5-10-19(17)31-21)22(27)26(23)15-7-6-8-16(11-15)28-3/h6-8,11H,4-5,9-10,12H2,1-3H3. The third-order valence-corrected chi connectivity index (χ3v) is 7.95. The molecule has 0 N–H and O–H groups in total. The number of ether oxygens (including phenoxy) is 1. The molecule has 3 heterocycles. The Morgan fingerprint density at radius 2 is 2.10 bits per heavy atom. The van der Waals surface area contributed by atoms with Crippen molar-refractivity contribution in [2.45, 2.75) is 50.4 Å². The molecule has 0 spiro atoms. The Bertz CT molecular complexity index is 1320. The molecule has 3 aromatic heterocycles. The van der Waals surface area contributed by atoms with Crippen molar-refractivity contribution in [2.24, 2.45) is 0 Å². The van der Waals surface area contributed by atoms with Crippen molar-refractivity contribution in [1.82, 2.24) is 14.7 Å². The van der Waals surface area contributed by atoms with Crippen LogP contribution in [0.1, 0.15) is 40.3 Å². The van der Waals surface area contributed by atoms with E-state index in [0.29, 0.717) is 16.7 Å². The molecule has 6 nitrogen and oxygen atoms in total. The van der Waals surface area contributed by atoms with Gasteiger partial charge in [0.25, 0.3) is 5.56 Å². The summed E-state index contributed by atoms with van der Waals surface area (Å²) in [6, 6.07) is 7.59. The molecule has 0 aliphatic heterocycles. The molecular weight excluding hydrogens is 430 g/mol. The zero-order valence-corrected chi connectivity index (χ0v) is 19.4. The van der Waals surface area contributed by atoms with Gasteiger partial charge in [0.1, 0.15) is 16.3 Å². The van der Waals surface area contributed by atoms with E-state index in [2.05, 4.69) is 5.16 Å². The van der Waals surface area contributed by atoms with Crippen molar-refractivity contribution >= 4 is 33.3 Å². The molecule has 160 valence electrons. The predicted octanol–water partition coefficient (Wildman–Crippen LogP) is 5.23. The highest BCUT2D eigenvalue weighted by molar-refractivity contribution is 7.98. The van der Waals surface area contributed by atoms with Crippen LogP contribution in [-0.2, 0) is 18.6 Å². The van der Waals surface area contributed by atoms with E-state index in [1.807, 2.05) is 38.1 Å². The number of hydrogen-bond acceptors (Lipinski definition) is 7. The number of aryl methyl sites for hydroxylation is 4. The van der Waals surface area contributed by atoms with Crippen LogP contribution in [0.5, 0.6) is 5.75 Å². The zero-order chi connectivity index (χ0) is 21.5. The molecule has 0 amide bonds. The molecule has 1 aliphatic rings. The number of nitrogens with zero attached hydrogens (tertiary/aromatic N) is 3. The number of methoxy groups -OCH3 is 1. The van der Waals surface area contributed by atoms with Gasteiger partial charge in [-0.15, -0.1) is 11.3 Å². The van der Waals surface area contributed by atoms with Crippen molar-refractivity contribution in [1.29, 1.82) is 0 Å². The van der Waals surface area contributed by atoms with Crippen molar-refractivity contribution in [3.8, 4) is 11.4 Å². The number of hydrogen-bond donors (Lipinski definition) is 0. The molecule has 0 unspecified atom stereocenters. The van der Waals surface area contributed by atoms with Gasteiger partial charge in [-0.25, -0.2) is 4.98 Å². The number of aromatic nitrogens is 3. The Morgan fingerprint density at radius 1 is 1.26 bits per heavy atom. The summed E-state index contributed by atoms with van der Waals surface area (Å²) in [6.07, 6.45) is 4.30. The minimum absolute atomic E-state index is 0.00100. The van der Waals surface area contributed by atoms with Crippen LogP contribution in [0.15, 0.2) is 38.7 Å². The number of thiophene rings is 1. The maximum atomic E-state index is 13.8. The molecule has 4 aromatic rings. The Morgan fingerprint density at radius 3 is 2.87 bits per heavy atom. The number of benzene rings is 1. The zero-order valence-electron chi connectivity index (χ0n) is 17.7. The Balaban J connectivity index is 1.69. The highest BCUT2D eigenvalue weighted by Gasteiger charge is 2.23. The van der Waals surface area contributed by atoms with Gasteiger partial charge < -0.3 is 9.26 Å². The molecule has 0 atom stereocenters. The fourth-order valence-electron chi connectivity index (χ4n) is 4.11. The van der Waals surface area contributed by atoms with Gasteiger partial charge in [0.15, 0.2) is 5.16 Å². The first-order valence-corrected chi connectivity index (χ1v) is 12.1. The number of rotatable bonds is 5. The van der Waals surface area contributed by atoms with Gasteiger partial charge in [0.2, 0.25) is 0 Å². The molecule has 0 bridgehead atoms. The van der Waals surface area contributed by atoms with Crippen molar-refractivity contribution in [2.75, 3.05) is 7.11 Å². The minimum Gasteiger partial charge on any atom is -0.497 e. The first-order valence-electron chi connectivity index (χ1n) is 10.3. The minimum atomic E-state index is -0.00100. The van der Waals surface area contributed by atoms with E-state index in [9.17, 15) is 4.79 Å². The molecule has 0 fully saturated rings.